The van der Waals surface area contributed by atoms with Crippen LogP contribution < -0.4 is 19.6 Å². The third-order valence-corrected chi connectivity index (χ3v) is 18.7. The molecule has 8 bridgehead atoms. The minimum atomic E-state index is 0.660. The molecule has 108 heavy (non-hydrogen) atoms. The van der Waals surface area contributed by atoms with Crippen molar-refractivity contribution in [3.05, 3.63) is 431 Å². The van der Waals surface area contributed by atoms with E-state index in [9.17, 15) is 0 Å². The summed E-state index contributed by atoms with van der Waals surface area (Å²) < 4.78 is 0. The molecule has 2 N–H and O–H groups in total. The van der Waals surface area contributed by atoms with E-state index in [1.165, 1.54) is 0 Å². The molecule has 2 aliphatic rings. The lowest BCUT2D eigenvalue weighted by atomic mass is 10.1. The van der Waals surface area contributed by atoms with Crippen LogP contribution in [0.5, 0.6) is 0 Å². The molecule has 17 rings (SSSR count). The second kappa shape index (κ2) is 30.7. The maximum Gasteiger partial charge on any atom is 0.0815 e. The molecule has 0 aliphatic carbocycles. The summed E-state index contributed by atoms with van der Waals surface area (Å²) in [6.45, 7) is 0. The van der Waals surface area contributed by atoms with Gasteiger partial charge in [-0.3, -0.25) is 0 Å². The van der Waals surface area contributed by atoms with Gasteiger partial charge in [0.1, 0.15) is 0 Å². The minimum Gasteiger partial charge on any atom is -0.353 e. The summed E-state index contributed by atoms with van der Waals surface area (Å²) >= 11 is 0. The second-order valence-corrected chi connectivity index (χ2v) is 25.7. The number of benzene rings is 12. The van der Waals surface area contributed by atoms with E-state index < -0.39 is 0 Å². The summed E-state index contributed by atoms with van der Waals surface area (Å²) in [5.41, 5.74) is 24.1. The molecule has 0 fully saturated rings. The highest BCUT2D eigenvalue weighted by molar-refractivity contribution is 5.89. The van der Waals surface area contributed by atoms with E-state index in [2.05, 4.69) is 392 Å². The Morgan fingerprint density at radius 2 is 0.324 bits per heavy atom. The van der Waals surface area contributed by atoms with Crippen LogP contribution in [0.3, 0.4) is 0 Å². The van der Waals surface area contributed by atoms with Gasteiger partial charge in [-0.25, -0.2) is 9.97 Å². The van der Waals surface area contributed by atoms with Gasteiger partial charge >= 0.3 is 0 Å². The van der Waals surface area contributed by atoms with Crippen LogP contribution in [-0.2, 0) is 0 Å². The molecule has 5 heterocycles. The van der Waals surface area contributed by atoms with Crippen molar-refractivity contribution in [1.82, 2.24) is 19.9 Å². The molecule has 8 nitrogen and oxygen atoms in total. The standard InChI is InChI=1S/C100H66N8/c1-9-25-77(26-10-1)105(78-27-11-2-12-28-78)85-53-41-73(42-54-85)49-61-89-93-65-67-95(101-93)90(62-50-74-43-55-86(56-44-74)106(79-29-13-3-14-30-79)80-31-15-4-16-32-80)97-69-71-99(103-97)92(64-52-76-47-59-88(60-48-76)108(83-37-21-7-22-38-83)84-39-23-8-24-40-84)100-72-70-98(104-100)91(96-68-66-94(89)102-96)63-51-75-45-57-87(58-46-75)107(81-33-17-5-18-34-81)82-35-19-6-20-36-82/h1-48,53-60,65-72,101,104H. The number of rotatable bonds is 12. The van der Waals surface area contributed by atoms with E-state index in [-0.39, 0.29) is 0 Å². The van der Waals surface area contributed by atoms with Crippen LogP contribution in [0.25, 0.3) is 46.4 Å². The summed E-state index contributed by atoms with van der Waals surface area (Å²) in [6, 6.07) is 125. The molecule has 0 spiro atoms. The molecule has 8 heteroatoms. The number of fused-ring (bicyclic) bond motifs is 8. The number of hydrogen-bond acceptors (Lipinski definition) is 6. The Balaban J connectivity index is 0.836. The molecular formula is C100H66N8. The molecule has 0 saturated carbocycles. The second-order valence-electron chi connectivity index (χ2n) is 25.7. The number of H-pyrrole nitrogens is 2. The van der Waals surface area contributed by atoms with Gasteiger partial charge in [0.2, 0.25) is 0 Å². The minimum absolute atomic E-state index is 0.660. The van der Waals surface area contributed by atoms with Crippen molar-refractivity contribution in [2.24, 2.45) is 0 Å². The summed E-state index contributed by atoms with van der Waals surface area (Å²) in [5, 5.41) is 0. The van der Waals surface area contributed by atoms with Gasteiger partial charge < -0.3 is 29.6 Å². The van der Waals surface area contributed by atoms with Crippen LogP contribution in [0.1, 0.15) is 67.3 Å². The first-order valence-corrected chi connectivity index (χ1v) is 35.8. The Bertz CT molecular complexity index is 5330. The first-order valence-electron chi connectivity index (χ1n) is 35.8. The van der Waals surface area contributed by atoms with Crippen molar-refractivity contribution in [2.45, 2.75) is 0 Å². The van der Waals surface area contributed by atoms with Crippen molar-refractivity contribution >= 4 is 115 Å². The van der Waals surface area contributed by atoms with Crippen LogP contribution in [0.15, 0.2) is 364 Å². The highest BCUT2D eigenvalue weighted by Crippen LogP contribution is 2.39. The molecule has 2 aliphatic heterocycles. The van der Waals surface area contributed by atoms with E-state index in [1.54, 1.807) is 0 Å². The van der Waals surface area contributed by atoms with Crippen molar-refractivity contribution in [2.75, 3.05) is 19.6 Å². The SMILES string of the molecule is C(#Cc1c2nc(c(C#Cc3ccc(N(c4ccccc4)c4ccccc4)cc3)c3ccc([nH]3)c(C#Cc3ccc(N(c4ccccc4)c4ccccc4)cc3)c3nc(c(C#Cc4ccc(N(c5ccccc5)c5ccccc5)cc4)c4ccc1[nH]4)C=C3)C=C2)c1ccc(N(c2ccccc2)c2ccccc2)cc1. The van der Waals surface area contributed by atoms with Gasteiger partial charge in [0, 0.05) is 90.5 Å². The Morgan fingerprint density at radius 3 is 0.491 bits per heavy atom. The van der Waals surface area contributed by atoms with E-state index in [0.717, 1.165) is 113 Å². The largest absolute Gasteiger partial charge is 0.353 e. The molecule has 15 aromatic rings. The number of hydrogen-bond donors (Lipinski definition) is 2. The zero-order valence-corrected chi connectivity index (χ0v) is 58.6. The van der Waals surface area contributed by atoms with Crippen LogP contribution in [0.2, 0.25) is 0 Å². The van der Waals surface area contributed by atoms with E-state index in [4.69, 9.17) is 9.97 Å². The van der Waals surface area contributed by atoms with Gasteiger partial charge in [-0.05, 0) is 243 Å². The summed E-state index contributed by atoms with van der Waals surface area (Å²) in [7, 11) is 0. The van der Waals surface area contributed by atoms with E-state index >= 15 is 0 Å². The van der Waals surface area contributed by atoms with Gasteiger partial charge in [0.05, 0.1) is 67.1 Å². The number of nitrogens with zero attached hydrogens (tertiary/aromatic N) is 6. The number of anilines is 12. The smallest absolute Gasteiger partial charge is 0.0815 e. The summed E-state index contributed by atoms with van der Waals surface area (Å²) in [5.74, 6) is 28.8. The maximum atomic E-state index is 5.50. The molecule has 0 unspecified atom stereocenters. The first kappa shape index (κ1) is 66.0. The normalized spacial score (nSPS) is 11.0. The average molecular weight is 1380 g/mol. The van der Waals surface area contributed by atoms with E-state index in [1.807, 2.05) is 72.8 Å². The van der Waals surface area contributed by atoms with Gasteiger partial charge in [0.15, 0.2) is 0 Å². The summed E-state index contributed by atoms with van der Waals surface area (Å²) in [4.78, 5) is 27.6. The van der Waals surface area contributed by atoms with Gasteiger partial charge in [-0.2, -0.15) is 0 Å². The Hall–Kier alpha value is -15.3. The fourth-order valence-electron chi connectivity index (χ4n) is 13.5. The van der Waals surface area contributed by atoms with Crippen molar-refractivity contribution < 1.29 is 0 Å². The first-order chi connectivity index (χ1) is 53.5. The molecule has 0 saturated heterocycles. The quantitative estimate of drug-likeness (QED) is 0.119. The predicted octanol–water partition coefficient (Wildman–Crippen LogP) is 24.1. The van der Waals surface area contributed by atoms with Crippen LogP contribution in [-0.4, -0.2) is 19.9 Å². The zero-order chi connectivity index (χ0) is 72.2. The number of aromatic nitrogens is 4. The molecular weight excluding hydrogens is 1310 g/mol. The Morgan fingerprint density at radius 1 is 0.167 bits per heavy atom. The fraction of sp³-hybridized carbons (Fsp3) is 0. The lowest BCUT2D eigenvalue weighted by molar-refractivity contribution is 1.28. The maximum absolute atomic E-state index is 5.50. The fourth-order valence-corrected chi connectivity index (χ4v) is 13.5. The van der Waals surface area contributed by atoms with Crippen LogP contribution in [0.4, 0.5) is 68.2 Å². The lowest BCUT2D eigenvalue weighted by Crippen LogP contribution is -2.09. The van der Waals surface area contributed by atoms with Gasteiger partial charge in [0.25, 0.3) is 0 Å². The highest BCUT2D eigenvalue weighted by atomic mass is 15.2. The van der Waals surface area contributed by atoms with Crippen molar-refractivity contribution in [3.63, 3.8) is 0 Å². The van der Waals surface area contributed by atoms with Crippen molar-refractivity contribution in [3.8, 4) is 47.4 Å². The number of aromatic amines is 2. The topological polar surface area (TPSA) is 70.3 Å². The molecule has 0 atom stereocenters. The van der Waals surface area contributed by atoms with Crippen LogP contribution >= 0.6 is 0 Å². The molecule has 12 aromatic carbocycles. The van der Waals surface area contributed by atoms with Gasteiger partial charge in [-0.15, -0.1) is 0 Å². The number of para-hydroxylation sites is 8. The summed E-state index contributed by atoms with van der Waals surface area (Å²) in [6.07, 6.45) is 8.12. The predicted molar refractivity (Wildman–Crippen MR) is 447 cm³/mol. The highest BCUT2D eigenvalue weighted by Gasteiger charge is 2.19. The lowest BCUT2D eigenvalue weighted by Gasteiger charge is -2.25. The number of nitrogens with one attached hydrogen (secondary N) is 2. The van der Waals surface area contributed by atoms with E-state index in [0.29, 0.717) is 45.0 Å². The molecule has 0 amide bonds. The monoisotopic (exact) mass is 1380 g/mol. The molecule has 3 aromatic heterocycles. The zero-order valence-electron chi connectivity index (χ0n) is 58.6. The molecule has 0 radical (unpaired) electrons. The Labute approximate surface area is 628 Å². The van der Waals surface area contributed by atoms with Gasteiger partial charge in [-0.1, -0.05) is 193 Å². The Kier molecular flexibility index (Phi) is 18.8. The third-order valence-electron chi connectivity index (χ3n) is 18.7. The van der Waals surface area contributed by atoms with Crippen LogP contribution in [0, 0.1) is 47.4 Å². The average Bonchev–Trinajstić information content (AvgIpc) is 1.43. The van der Waals surface area contributed by atoms with Crippen molar-refractivity contribution in [1.29, 1.82) is 0 Å². The molecule has 506 valence electrons. The third kappa shape index (κ3) is 14.4.